The van der Waals surface area contributed by atoms with E-state index >= 15 is 0 Å². The molecule has 106 valence electrons. The standard InChI is InChI=1S/C19H18IN/c1-2-21-19(17-11-5-6-13-18(17)20)16-12-7-9-14-8-3-4-10-15(14)16/h3-13,19,21H,2H2,1H3. The van der Waals surface area contributed by atoms with Crippen molar-refractivity contribution >= 4 is 33.4 Å². The summed E-state index contributed by atoms with van der Waals surface area (Å²) >= 11 is 2.43. The van der Waals surface area contributed by atoms with E-state index < -0.39 is 0 Å². The molecular weight excluding hydrogens is 369 g/mol. The molecule has 1 nitrogen and oxygen atoms in total. The molecule has 0 aliphatic carbocycles. The van der Waals surface area contributed by atoms with Crippen LogP contribution in [-0.4, -0.2) is 6.54 Å². The minimum Gasteiger partial charge on any atom is -0.306 e. The van der Waals surface area contributed by atoms with Crippen LogP contribution in [0.25, 0.3) is 10.8 Å². The summed E-state index contributed by atoms with van der Waals surface area (Å²) in [4.78, 5) is 0. The summed E-state index contributed by atoms with van der Waals surface area (Å²) in [5, 5.41) is 6.26. The summed E-state index contributed by atoms with van der Waals surface area (Å²) in [7, 11) is 0. The molecular formula is C19H18IN. The van der Waals surface area contributed by atoms with Gasteiger partial charge in [-0.15, -0.1) is 0 Å². The second kappa shape index (κ2) is 6.58. The van der Waals surface area contributed by atoms with Gasteiger partial charge in [0.1, 0.15) is 0 Å². The first kappa shape index (κ1) is 14.5. The molecule has 0 heterocycles. The third-order valence-electron chi connectivity index (χ3n) is 3.76. The SMILES string of the molecule is CCNC(c1ccccc1I)c1cccc2ccccc12. The minimum atomic E-state index is 0.231. The van der Waals surface area contributed by atoms with E-state index in [-0.39, 0.29) is 6.04 Å². The topological polar surface area (TPSA) is 12.0 Å². The van der Waals surface area contributed by atoms with Gasteiger partial charge in [-0.25, -0.2) is 0 Å². The lowest BCUT2D eigenvalue weighted by atomic mass is 9.94. The zero-order valence-electron chi connectivity index (χ0n) is 12.0. The van der Waals surface area contributed by atoms with Crippen molar-refractivity contribution in [2.24, 2.45) is 0 Å². The summed E-state index contributed by atoms with van der Waals surface area (Å²) in [6, 6.07) is 24.0. The Morgan fingerprint density at radius 1 is 0.857 bits per heavy atom. The van der Waals surface area contributed by atoms with Gasteiger partial charge in [-0.05, 0) is 57.1 Å². The van der Waals surface area contributed by atoms with Crippen LogP contribution in [0.15, 0.2) is 66.7 Å². The van der Waals surface area contributed by atoms with Crippen LogP contribution in [0, 0.1) is 3.57 Å². The molecule has 3 rings (SSSR count). The van der Waals surface area contributed by atoms with E-state index in [9.17, 15) is 0 Å². The number of halogens is 1. The third-order valence-corrected chi connectivity index (χ3v) is 4.74. The fourth-order valence-corrected chi connectivity index (χ4v) is 3.50. The molecule has 0 aliphatic rings. The van der Waals surface area contributed by atoms with Crippen molar-refractivity contribution in [3.05, 3.63) is 81.4 Å². The van der Waals surface area contributed by atoms with Crippen LogP contribution in [0.1, 0.15) is 24.1 Å². The second-order valence-corrected chi connectivity index (χ2v) is 6.24. The Morgan fingerprint density at radius 3 is 2.33 bits per heavy atom. The monoisotopic (exact) mass is 387 g/mol. The second-order valence-electron chi connectivity index (χ2n) is 5.08. The van der Waals surface area contributed by atoms with Crippen LogP contribution >= 0.6 is 22.6 Å². The van der Waals surface area contributed by atoms with Crippen LogP contribution in [0.2, 0.25) is 0 Å². The average molecular weight is 387 g/mol. The Kier molecular flexibility index (Phi) is 4.56. The van der Waals surface area contributed by atoms with Crippen molar-refractivity contribution < 1.29 is 0 Å². The van der Waals surface area contributed by atoms with Gasteiger partial charge in [-0.1, -0.05) is 67.6 Å². The lowest BCUT2D eigenvalue weighted by Gasteiger charge is -2.22. The lowest BCUT2D eigenvalue weighted by Crippen LogP contribution is -2.23. The van der Waals surface area contributed by atoms with Crippen LogP contribution in [0.3, 0.4) is 0 Å². The quantitative estimate of drug-likeness (QED) is 0.611. The summed E-state index contributed by atoms with van der Waals surface area (Å²) in [6.45, 7) is 3.10. The highest BCUT2D eigenvalue weighted by Gasteiger charge is 2.17. The summed E-state index contributed by atoms with van der Waals surface area (Å²) in [5.74, 6) is 0. The first-order valence-corrected chi connectivity index (χ1v) is 8.34. The molecule has 0 spiro atoms. The Balaban J connectivity index is 2.19. The van der Waals surface area contributed by atoms with Gasteiger partial charge in [0.25, 0.3) is 0 Å². The molecule has 0 bridgehead atoms. The third kappa shape index (κ3) is 2.97. The van der Waals surface area contributed by atoms with Crippen molar-refractivity contribution in [3.63, 3.8) is 0 Å². The summed E-state index contributed by atoms with van der Waals surface area (Å²) in [6.07, 6.45) is 0. The van der Waals surface area contributed by atoms with Crippen LogP contribution in [-0.2, 0) is 0 Å². The van der Waals surface area contributed by atoms with Gasteiger partial charge in [0.2, 0.25) is 0 Å². The van der Waals surface area contributed by atoms with E-state index in [1.54, 1.807) is 0 Å². The van der Waals surface area contributed by atoms with Crippen molar-refractivity contribution in [1.82, 2.24) is 5.32 Å². The first-order valence-electron chi connectivity index (χ1n) is 7.26. The van der Waals surface area contributed by atoms with Gasteiger partial charge in [0.15, 0.2) is 0 Å². The van der Waals surface area contributed by atoms with E-state index in [2.05, 4.69) is 102 Å². The number of hydrogen-bond donors (Lipinski definition) is 1. The highest BCUT2D eigenvalue weighted by molar-refractivity contribution is 14.1. The number of benzene rings is 3. The summed E-state index contributed by atoms with van der Waals surface area (Å²) in [5.41, 5.74) is 2.69. The van der Waals surface area contributed by atoms with E-state index in [0.717, 1.165) is 6.54 Å². The largest absolute Gasteiger partial charge is 0.306 e. The van der Waals surface area contributed by atoms with Crippen LogP contribution in [0.4, 0.5) is 0 Å². The summed E-state index contributed by atoms with van der Waals surface area (Å²) < 4.78 is 1.30. The molecule has 0 fully saturated rings. The van der Waals surface area contributed by atoms with Gasteiger partial charge >= 0.3 is 0 Å². The Bertz CT molecular complexity index is 746. The first-order chi connectivity index (χ1) is 10.3. The fraction of sp³-hybridized carbons (Fsp3) is 0.158. The fourth-order valence-electron chi connectivity index (χ4n) is 2.80. The molecule has 0 aromatic heterocycles. The molecule has 1 unspecified atom stereocenters. The maximum absolute atomic E-state index is 3.64. The molecule has 0 saturated heterocycles. The molecule has 0 saturated carbocycles. The molecule has 1 N–H and O–H groups in total. The zero-order valence-corrected chi connectivity index (χ0v) is 14.2. The van der Waals surface area contributed by atoms with Gasteiger partial charge in [-0.3, -0.25) is 0 Å². The van der Waals surface area contributed by atoms with Crippen LogP contribution < -0.4 is 5.32 Å². The number of fused-ring (bicyclic) bond motifs is 1. The predicted octanol–water partition coefficient (Wildman–Crippen LogP) is 5.14. The Morgan fingerprint density at radius 2 is 1.52 bits per heavy atom. The van der Waals surface area contributed by atoms with Crippen molar-refractivity contribution in [1.29, 1.82) is 0 Å². The van der Waals surface area contributed by atoms with Gasteiger partial charge < -0.3 is 5.32 Å². The van der Waals surface area contributed by atoms with Crippen LogP contribution in [0.5, 0.6) is 0 Å². The lowest BCUT2D eigenvalue weighted by molar-refractivity contribution is 0.632. The zero-order chi connectivity index (χ0) is 14.7. The average Bonchev–Trinajstić information content (AvgIpc) is 2.53. The smallest absolute Gasteiger partial charge is 0.0593 e. The number of nitrogens with one attached hydrogen (secondary N) is 1. The highest BCUT2D eigenvalue weighted by atomic mass is 127. The number of rotatable bonds is 4. The number of hydrogen-bond acceptors (Lipinski definition) is 1. The van der Waals surface area contributed by atoms with E-state index in [1.807, 2.05) is 0 Å². The molecule has 0 amide bonds. The van der Waals surface area contributed by atoms with E-state index in [0.29, 0.717) is 0 Å². The van der Waals surface area contributed by atoms with Crippen molar-refractivity contribution in [2.45, 2.75) is 13.0 Å². The maximum atomic E-state index is 3.64. The van der Waals surface area contributed by atoms with E-state index in [4.69, 9.17) is 0 Å². The Labute approximate surface area is 139 Å². The van der Waals surface area contributed by atoms with Crippen molar-refractivity contribution in [3.8, 4) is 0 Å². The van der Waals surface area contributed by atoms with Gasteiger partial charge in [-0.2, -0.15) is 0 Å². The minimum absolute atomic E-state index is 0.231. The molecule has 3 aromatic carbocycles. The normalized spacial score (nSPS) is 12.5. The molecule has 21 heavy (non-hydrogen) atoms. The van der Waals surface area contributed by atoms with E-state index in [1.165, 1.54) is 25.5 Å². The molecule has 0 radical (unpaired) electrons. The molecule has 3 aromatic rings. The Hall–Kier alpha value is -1.39. The van der Waals surface area contributed by atoms with Crippen molar-refractivity contribution in [2.75, 3.05) is 6.54 Å². The van der Waals surface area contributed by atoms with Gasteiger partial charge in [0.05, 0.1) is 6.04 Å². The molecule has 0 aliphatic heterocycles. The maximum Gasteiger partial charge on any atom is 0.0593 e. The molecule has 1 atom stereocenters. The highest BCUT2D eigenvalue weighted by Crippen LogP contribution is 2.31. The molecule has 2 heteroatoms. The van der Waals surface area contributed by atoms with Gasteiger partial charge in [0, 0.05) is 3.57 Å². The predicted molar refractivity (Wildman–Crippen MR) is 98.6 cm³/mol.